The highest BCUT2D eigenvalue weighted by Crippen LogP contribution is 2.14. The zero-order valence-corrected chi connectivity index (χ0v) is 14.4. The van der Waals surface area contributed by atoms with Crippen molar-refractivity contribution in [2.45, 2.75) is 33.4 Å². The predicted molar refractivity (Wildman–Crippen MR) is 88.2 cm³/mol. The van der Waals surface area contributed by atoms with E-state index in [1.54, 1.807) is 7.05 Å². The zero-order valence-electron chi connectivity index (χ0n) is 13.6. The van der Waals surface area contributed by atoms with Gasteiger partial charge in [-0.3, -0.25) is 4.79 Å². The summed E-state index contributed by atoms with van der Waals surface area (Å²) in [7, 11) is -1.88. The summed E-state index contributed by atoms with van der Waals surface area (Å²) < 4.78 is 27.9. The Morgan fingerprint density at radius 3 is 2.61 bits per heavy atom. The third-order valence-corrected chi connectivity index (χ3v) is 4.92. The Hall–Kier alpha value is -1.97. The summed E-state index contributed by atoms with van der Waals surface area (Å²) in [5.74, 6) is 0.845. The van der Waals surface area contributed by atoms with E-state index in [4.69, 9.17) is 9.90 Å². The van der Waals surface area contributed by atoms with Crippen molar-refractivity contribution in [1.82, 2.24) is 19.0 Å². The summed E-state index contributed by atoms with van der Waals surface area (Å²) >= 11 is 0. The molecule has 0 atom stereocenters. The largest absolute Gasteiger partial charge is 0.483 e. The maximum absolute atomic E-state index is 12.0. The molecule has 0 unspecified atom stereocenters. The molecular formula is C14H22N4O4S. The summed E-state index contributed by atoms with van der Waals surface area (Å²) in [6, 6.07) is 5.59. The molecule has 1 heterocycles. The highest BCUT2D eigenvalue weighted by Gasteiger charge is 2.19. The number of fused-ring (bicyclic) bond motifs is 1. The lowest BCUT2D eigenvalue weighted by Crippen LogP contribution is -2.41. The molecular weight excluding hydrogens is 320 g/mol. The maximum Gasteiger partial charge on any atom is 0.290 e. The Kier molecular flexibility index (Phi) is 6.67. The number of hydrogen-bond acceptors (Lipinski definition) is 4. The van der Waals surface area contributed by atoms with E-state index >= 15 is 0 Å². The van der Waals surface area contributed by atoms with Gasteiger partial charge in [0.1, 0.15) is 5.82 Å². The number of hydrogen-bond donors (Lipinski definition) is 3. The van der Waals surface area contributed by atoms with Gasteiger partial charge in [0.05, 0.1) is 11.0 Å². The first-order valence-corrected chi connectivity index (χ1v) is 8.41. The van der Waals surface area contributed by atoms with Crippen LogP contribution in [-0.4, -0.2) is 47.4 Å². The Morgan fingerprint density at radius 2 is 2.04 bits per heavy atom. The number of aromatic nitrogens is 2. The number of nitrogens with zero attached hydrogens (tertiary/aromatic N) is 2. The van der Waals surface area contributed by atoms with Crippen molar-refractivity contribution in [1.29, 1.82) is 0 Å². The van der Waals surface area contributed by atoms with Crippen LogP contribution in [0.4, 0.5) is 0 Å². The number of H-pyrrole nitrogens is 1. The minimum absolute atomic E-state index is 0.0785. The van der Waals surface area contributed by atoms with Crippen LogP contribution in [0.25, 0.3) is 11.0 Å². The fraction of sp³-hybridized carbons (Fsp3) is 0.429. The van der Waals surface area contributed by atoms with Gasteiger partial charge in [0.25, 0.3) is 16.7 Å². The smallest absolute Gasteiger partial charge is 0.290 e. The summed E-state index contributed by atoms with van der Waals surface area (Å²) in [5, 5.41) is 6.89. The van der Waals surface area contributed by atoms with E-state index in [2.05, 4.69) is 14.7 Å². The summed E-state index contributed by atoms with van der Waals surface area (Å²) in [4.78, 5) is 15.8. The number of rotatable bonds is 5. The summed E-state index contributed by atoms with van der Waals surface area (Å²) in [5.41, 5.74) is 2.69. The molecule has 23 heavy (non-hydrogen) atoms. The van der Waals surface area contributed by atoms with Crippen LogP contribution >= 0.6 is 0 Å². The SMILES string of the molecule is Cc1nc2ccc(CNS(=O)(=O)N(C)C(C)C)cc2[nH]1.O=CO. The van der Waals surface area contributed by atoms with Crippen molar-refractivity contribution in [3.63, 3.8) is 0 Å². The Balaban J connectivity index is 0.000000816. The van der Waals surface area contributed by atoms with Gasteiger partial charge in [-0.1, -0.05) is 6.07 Å². The van der Waals surface area contributed by atoms with E-state index in [0.29, 0.717) is 0 Å². The monoisotopic (exact) mass is 342 g/mol. The molecule has 0 saturated heterocycles. The van der Waals surface area contributed by atoms with Crippen LogP contribution in [0.2, 0.25) is 0 Å². The van der Waals surface area contributed by atoms with Gasteiger partial charge >= 0.3 is 0 Å². The fourth-order valence-electron chi connectivity index (χ4n) is 1.85. The van der Waals surface area contributed by atoms with Gasteiger partial charge in [-0.2, -0.15) is 17.4 Å². The van der Waals surface area contributed by atoms with Crippen LogP contribution in [0.5, 0.6) is 0 Å². The first-order chi connectivity index (χ1) is 10.7. The predicted octanol–water partition coefficient (Wildman–Crippen LogP) is 1.25. The lowest BCUT2D eigenvalue weighted by Gasteiger charge is -2.21. The molecule has 2 rings (SSSR count). The summed E-state index contributed by atoms with van der Waals surface area (Å²) in [6.07, 6.45) is 0. The van der Waals surface area contributed by atoms with E-state index in [9.17, 15) is 8.42 Å². The van der Waals surface area contributed by atoms with Crippen LogP contribution in [-0.2, 0) is 21.5 Å². The van der Waals surface area contributed by atoms with Crippen molar-refractivity contribution in [3.05, 3.63) is 29.6 Å². The number of aryl methyl sites for hydroxylation is 1. The average molecular weight is 342 g/mol. The zero-order chi connectivity index (χ0) is 17.6. The molecule has 9 heteroatoms. The number of carbonyl (C=O) groups is 1. The Morgan fingerprint density at radius 1 is 1.43 bits per heavy atom. The quantitative estimate of drug-likeness (QED) is 0.707. The van der Waals surface area contributed by atoms with Crippen LogP contribution in [0, 0.1) is 6.92 Å². The molecule has 128 valence electrons. The topological polar surface area (TPSA) is 115 Å². The number of carboxylic acid groups (broad SMARTS) is 1. The van der Waals surface area contributed by atoms with E-state index in [1.165, 1.54) is 4.31 Å². The van der Waals surface area contributed by atoms with E-state index in [1.807, 2.05) is 39.0 Å². The van der Waals surface area contributed by atoms with E-state index in [0.717, 1.165) is 22.4 Å². The number of benzene rings is 1. The molecule has 1 aromatic heterocycles. The first-order valence-electron chi connectivity index (χ1n) is 6.97. The number of imidazole rings is 1. The van der Waals surface area contributed by atoms with Crippen LogP contribution in [0.3, 0.4) is 0 Å². The van der Waals surface area contributed by atoms with Gasteiger partial charge in [0.2, 0.25) is 0 Å². The fourth-order valence-corrected chi connectivity index (χ4v) is 2.96. The van der Waals surface area contributed by atoms with Crippen LogP contribution in [0.15, 0.2) is 18.2 Å². The van der Waals surface area contributed by atoms with Gasteiger partial charge in [-0.05, 0) is 38.5 Å². The van der Waals surface area contributed by atoms with Crippen molar-refractivity contribution in [2.24, 2.45) is 0 Å². The summed E-state index contributed by atoms with van der Waals surface area (Å²) in [6.45, 7) is 5.56. The van der Waals surface area contributed by atoms with E-state index in [-0.39, 0.29) is 19.1 Å². The molecule has 8 nitrogen and oxygen atoms in total. The third-order valence-electron chi connectivity index (χ3n) is 3.23. The minimum atomic E-state index is -3.45. The number of aromatic amines is 1. The van der Waals surface area contributed by atoms with E-state index < -0.39 is 10.2 Å². The minimum Gasteiger partial charge on any atom is -0.483 e. The molecule has 3 N–H and O–H groups in total. The molecule has 0 amide bonds. The standard InChI is InChI=1S/C13H20N4O2S.CH2O2/c1-9(2)17(4)20(18,19)14-8-11-5-6-12-13(7-11)16-10(3)15-12;2-1-3/h5-7,9,14H,8H2,1-4H3,(H,15,16);1H,(H,2,3). The molecule has 0 spiro atoms. The lowest BCUT2D eigenvalue weighted by atomic mass is 10.2. The molecule has 0 aliphatic carbocycles. The third kappa shape index (κ3) is 5.31. The first kappa shape index (κ1) is 19.1. The maximum atomic E-state index is 12.0. The molecule has 0 saturated carbocycles. The second kappa shape index (κ2) is 8.04. The van der Waals surface area contributed by atoms with Gasteiger partial charge in [-0.15, -0.1) is 0 Å². The Bertz CT molecular complexity index is 755. The van der Waals surface area contributed by atoms with Crippen molar-refractivity contribution in [2.75, 3.05) is 7.05 Å². The molecule has 1 aromatic carbocycles. The number of nitrogens with one attached hydrogen (secondary N) is 2. The van der Waals surface area contributed by atoms with Crippen molar-refractivity contribution in [3.8, 4) is 0 Å². The average Bonchev–Trinajstić information content (AvgIpc) is 2.84. The molecule has 0 aliphatic rings. The van der Waals surface area contributed by atoms with Crippen molar-refractivity contribution >= 4 is 27.7 Å². The second-order valence-electron chi connectivity index (χ2n) is 5.22. The molecule has 0 fully saturated rings. The molecule has 2 aromatic rings. The van der Waals surface area contributed by atoms with Gasteiger partial charge in [-0.25, -0.2) is 4.98 Å². The lowest BCUT2D eigenvalue weighted by molar-refractivity contribution is -0.122. The van der Waals surface area contributed by atoms with Gasteiger partial charge in [0, 0.05) is 19.6 Å². The van der Waals surface area contributed by atoms with Crippen LogP contribution < -0.4 is 4.72 Å². The van der Waals surface area contributed by atoms with Gasteiger partial charge < -0.3 is 10.1 Å². The molecule has 0 bridgehead atoms. The second-order valence-corrected chi connectivity index (χ2v) is 7.03. The highest BCUT2D eigenvalue weighted by molar-refractivity contribution is 7.87. The Labute approximate surface area is 135 Å². The van der Waals surface area contributed by atoms with Crippen molar-refractivity contribution < 1.29 is 18.3 Å². The molecule has 0 aliphatic heterocycles. The normalized spacial score (nSPS) is 11.6. The van der Waals surface area contributed by atoms with Crippen LogP contribution in [0.1, 0.15) is 25.2 Å². The molecule has 0 radical (unpaired) electrons. The van der Waals surface area contributed by atoms with Gasteiger partial charge in [0.15, 0.2) is 0 Å². The highest BCUT2D eigenvalue weighted by atomic mass is 32.2.